The van der Waals surface area contributed by atoms with Crippen LogP contribution in [0.5, 0.6) is 5.75 Å². The van der Waals surface area contributed by atoms with Crippen molar-refractivity contribution >= 4 is 0 Å². The molecule has 0 aliphatic rings. The topological polar surface area (TPSA) is 43.4 Å². The molecule has 0 saturated heterocycles. The molecule has 1 aromatic heterocycles. The second-order valence-corrected chi connectivity index (χ2v) is 4.66. The van der Waals surface area contributed by atoms with Crippen LogP contribution >= 0.6 is 0 Å². The lowest BCUT2D eigenvalue weighted by atomic mass is 10.2. The lowest BCUT2D eigenvalue weighted by Gasteiger charge is -2.09. The summed E-state index contributed by atoms with van der Waals surface area (Å²) in [6, 6.07) is 12.1. The number of rotatable bonds is 9. The maximum absolute atomic E-state index is 5.65. The summed E-state index contributed by atoms with van der Waals surface area (Å²) >= 11 is 0. The van der Waals surface area contributed by atoms with E-state index in [0.717, 1.165) is 25.4 Å². The SMILES string of the molecule is CCOCCOc1cccc(CNCc2cccnc2)c1. The molecule has 0 saturated carbocycles. The fourth-order valence-corrected chi connectivity index (χ4v) is 1.96. The zero-order chi connectivity index (χ0) is 14.8. The van der Waals surface area contributed by atoms with Crippen LogP contribution in [-0.2, 0) is 17.8 Å². The Morgan fingerprint density at radius 3 is 2.71 bits per heavy atom. The van der Waals surface area contributed by atoms with E-state index in [1.807, 2.05) is 31.3 Å². The molecule has 2 aromatic rings. The van der Waals surface area contributed by atoms with Crippen LogP contribution in [0.15, 0.2) is 48.8 Å². The summed E-state index contributed by atoms with van der Waals surface area (Å²) in [5.41, 5.74) is 2.38. The number of hydrogen-bond acceptors (Lipinski definition) is 4. The van der Waals surface area contributed by atoms with Gasteiger partial charge in [0.15, 0.2) is 0 Å². The first kappa shape index (κ1) is 15.5. The van der Waals surface area contributed by atoms with Crippen molar-refractivity contribution in [3.05, 3.63) is 59.9 Å². The van der Waals surface area contributed by atoms with E-state index in [0.29, 0.717) is 13.2 Å². The van der Waals surface area contributed by atoms with E-state index in [1.54, 1.807) is 6.20 Å². The van der Waals surface area contributed by atoms with Gasteiger partial charge in [0.2, 0.25) is 0 Å². The van der Waals surface area contributed by atoms with E-state index in [1.165, 1.54) is 11.1 Å². The molecule has 0 aliphatic heterocycles. The van der Waals surface area contributed by atoms with E-state index in [4.69, 9.17) is 9.47 Å². The van der Waals surface area contributed by atoms with Crippen LogP contribution in [0.2, 0.25) is 0 Å². The minimum Gasteiger partial charge on any atom is -0.491 e. The van der Waals surface area contributed by atoms with Gasteiger partial charge in [0.1, 0.15) is 12.4 Å². The summed E-state index contributed by atoms with van der Waals surface area (Å²) < 4.78 is 10.9. The van der Waals surface area contributed by atoms with Crippen molar-refractivity contribution in [3.63, 3.8) is 0 Å². The molecule has 0 aliphatic carbocycles. The van der Waals surface area contributed by atoms with Crippen LogP contribution in [0.3, 0.4) is 0 Å². The van der Waals surface area contributed by atoms with Gasteiger partial charge in [-0.15, -0.1) is 0 Å². The largest absolute Gasteiger partial charge is 0.491 e. The number of nitrogens with zero attached hydrogens (tertiary/aromatic N) is 1. The van der Waals surface area contributed by atoms with Crippen molar-refractivity contribution in [2.24, 2.45) is 0 Å². The average Bonchev–Trinajstić information content (AvgIpc) is 2.53. The van der Waals surface area contributed by atoms with E-state index in [9.17, 15) is 0 Å². The third kappa shape index (κ3) is 5.94. The molecule has 0 atom stereocenters. The molecule has 112 valence electrons. The van der Waals surface area contributed by atoms with Crippen LogP contribution in [0.4, 0.5) is 0 Å². The summed E-state index contributed by atoms with van der Waals surface area (Å²) in [6.07, 6.45) is 3.66. The molecule has 4 nitrogen and oxygen atoms in total. The fraction of sp³-hybridized carbons (Fsp3) is 0.353. The van der Waals surface area contributed by atoms with Gasteiger partial charge in [-0.3, -0.25) is 4.98 Å². The van der Waals surface area contributed by atoms with Crippen molar-refractivity contribution in [2.75, 3.05) is 19.8 Å². The number of pyridine rings is 1. The van der Waals surface area contributed by atoms with E-state index >= 15 is 0 Å². The predicted molar refractivity (Wildman–Crippen MR) is 83.2 cm³/mol. The van der Waals surface area contributed by atoms with Crippen molar-refractivity contribution < 1.29 is 9.47 Å². The van der Waals surface area contributed by atoms with Gasteiger partial charge in [0.25, 0.3) is 0 Å². The average molecular weight is 286 g/mol. The van der Waals surface area contributed by atoms with Crippen LogP contribution < -0.4 is 10.1 Å². The lowest BCUT2D eigenvalue weighted by Crippen LogP contribution is -2.13. The number of benzene rings is 1. The standard InChI is InChI=1S/C17H22N2O2/c1-2-20-9-10-21-17-7-3-5-15(11-17)12-19-14-16-6-4-8-18-13-16/h3-8,11,13,19H,2,9-10,12,14H2,1H3. The Balaban J connectivity index is 1.75. The van der Waals surface area contributed by atoms with Gasteiger partial charge in [-0.05, 0) is 36.2 Å². The number of ether oxygens (including phenoxy) is 2. The smallest absolute Gasteiger partial charge is 0.119 e. The van der Waals surface area contributed by atoms with Crippen molar-refractivity contribution in [2.45, 2.75) is 20.0 Å². The Morgan fingerprint density at radius 1 is 1.05 bits per heavy atom. The van der Waals surface area contributed by atoms with E-state index in [-0.39, 0.29) is 0 Å². The second kappa shape index (κ2) is 9.10. The van der Waals surface area contributed by atoms with Gasteiger partial charge in [-0.1, -0.05) is 18.2 Å². The van der Waals surface area contributed by atoms with Crippen molar-refractivity contribution in [3.8, 4) is 5.75 Å². The first-order chi connectivity index (χ1) is 10.4. The molecule has 0 spiro atoms. The normalized spacial score (nSPS) is 10.5. The van der Waals surface area contributed by atoms with E-state index < -0.39 is 0 Å². The molecule has 0 amide bonds. The summed E-state index contributed by atoms with van der Waals surface area (Å²) in [5.74, 6) is 0.885. The van der Waals surface area contributed by atoms with Crippen LogP contribution in [-0.4, -0.2) is 24.8 Å². The van der Waals surface area contributed by atoms with Crippen molar-refractivity contribution in [1.29, 1.82) is 0 Å². The molecule has 2 rings (SSSR count). The maximum Gasteiger partial charge on any atom is 0.119 e. The summed E-state index contributed by atoms with van der Waals surface area (Å²) in [5, 5.41) is 3.40. The van der Waals surface area contributed by atoms with Gasteiger partial charge < -0.3 is 14.8 Å². The quantitative estimate of drug-likeness (QED) is 0.720. The molecule has 0 unspecified atom stereocenters. The number of hydrogen-bond donors (Lipinski definition) is 1. The Labute approximate surface area is 126 Å². The highest BCUT2D eigenvalue weighted by Gasteiger charge is 1.98. The fourth-order valence-electron chi connectivity index (χ4n) is 1.96. The highest BCUT2D eigenvalue weighted by Crippen LogP contribution is 2.13. The zero-order valence-corrected chi connectivity index (χ0v) is 12.4. The molecular weight excluding hydrogens is 264 g/mol. The zero-order valence-electron chi connectivity index (χ0n) is 12.4. The molecule has 1 heterocycles. The first-order valence-corrected chi connectivity index (χ1v) is 7.27. The van der Waals surface area contributed by atoms with Gasteiger partial charge in [-0.2, -0.15) is 0 Å². The summed E-state index contributed by atoms with van der Waals surface area (Å²) in [4.78, 5) is 4.10. The highest BCUT2D eigenvalue weighted by atomic mass is 16.5. The Kier molecular flexibility index (Phi) is 6.71. The third-order valence-corrected chi connectivity index (χ3v) is 2.98. The summed E-state index contributed by atoms with van der Waals surface area (Å²) in [7, 11) is 0. The molecular formula is C17H22N2O2. The maximum atomic E-state index is 5.65. The first-order valence-electron chi connectivity index (χ1n) is 7.27. The molecule has 21 heavy (non-hydrogen) atoms. The van der Waals surface area contributed by atoms with Gasteiger partial charge in [0, 0.05) is 32.1 Å². The minimum absolute atomic E-state index is 0.584. The van der Waals surface area contributed by atoms with Crippen LogP contribution in [0.25, 0.3) is 0 Å². The van der Waals surface area contributed by atoms with Gasteiger partial charge in [-0.25, -0.2) is 0 Å². The molecule has 0 bridgehead atoms. The predicted octanol–water partition coefficient (Wildman–Crippen LogP) is 2.79. The molecule has 1 N–H and O–H groups in total. The number of aromatic nitrogens is 1. The van der Waals surface area contributed by atoms with Gasteiger partial charge >= 0.3 is 0 Å². The molecule has 4 heteroatoms. The van der Waals surface area contributed by atoms with Crippen LogP contribution in [0.1, 0.15) is 18.1 Å². The van der Waals surface area contributed by atoms with Gasteiger partial charge in [0.05, 0.1) is 6.61 Å². The Morgan fingerprint density at radius 2 is 1.90 bits per heavy atom. The van der Waals surface area contributed by atoms with Crippen molar-refractivity contribution in [1.82, 2.24) is 10.3 Å². The summed E-state index contributed by atoms with van der Waals surface area (Å²) in [6.45, 7) is 5.53. The molecule has 1 aromatic carbocycles. The van der Waals surface area contributed by atoms with Crippen LogP contribution in [0, 0.1) is 0 Å². The second-order valence-electron chi connectivity index (χ2n) is 4.66. The molecule has 0 radical (unpaired) electrons. The minimum atomic E-state index is 0.584. The van der Waals surface area contributed by atoms with E-state index in [2.05, 4.69) is 28.5 Å². The lowest BCUT2D eigenvalue weighted by molar-refractivity contribution is 0.110. The Bertz CT molecular complexity index is 517. The Hall–Kier alpha value is -1.91. The highest BCUT2D eigenvalue weighted by molar-refractivity contribution is 5.28. The monoisotopic (exact) mass is 286 g/mol. The number of nitrogens with one attached hydrogen (secondary N) is 1. The molecule has 0 fully saturated rings. The third-order valence-electron chi connectivity index (χ3n) is 2.98.